The number of fused-ring (bicyclic) bond motifs is 5. The highest BCUT2D eigenvalue weighted by Crippen LogP contribution is 2.69. The Morgan fingerprint density at radius 3 is 2.44 bits per heavy atom. The first-order valence-corrected chi connectivity index (χ1v) is 14.1. The van der Waals surface area contributed by atoms with Gasteiger partial charge in [-0.2, -0.15) is 0 Å². The van der Waals surface area contributed by atoms with E-state index in [-0.39, 0.29) is 6.10 Å². The normalized spacial score (nSPS) is 45.6. The van der Waals surface area contributed by atoms with Crippen molar-refractivity contribution in [3.05, 3.63) is 11.6 Å². The highest BCUT2D eigenvalue weighted by atomic mass is 16.3. The van der Waals surface area contributed by atoms with E-state index in [4.69, 9.17) is 0 Å². The molecule has 2 N–H and O–H groups in total. The largest absolute Gasteiger partial charge is 0.393 e. The standard InChI is InChI=1S/C30H52O2/c1-7-30(32)18-14-23-22(19-30)13-16-29(6)25(23)15-17-28(5)24(11-12-27(28)29)21(4)9-8-10-26(31)20(2)3/h13,20-21,23-27,31-32H,7-12,14-19H2,1-6H3/t21-,23+,24-,25-,26-,27-,28-,29-,30+/m1/s1. The Bertz CT molecular complexity index is 697. The van der Waals surface area contributed by atoms with Gasteiger partial charge in [0.25, 0.3) is 0 Å². The zero-order valence-corrected chi connectivity index (χ0v) is 22.0. The van der Waals surface area contributed by atoms with Crippen molar-refractivity contribution in [2.45, 2.75) is 130 Å². The van der Waals surface area contributed by atoms with Gasteiger partial charge in [-0.1, -0.05) is 66.0 Å². The van der Waals surface area contributed by atoms with Crippen molar-refractivity contribution >= 4 is 0 Å². The van der Waals surface area contributed by atoms with Gasteiger partial charge in [-0.3, -0.25) is 0 Å². The van der Waals surface area contributed by atoms with E-state index in [1.165, 1.54) is 51.4 Å². The average molecular weight is 445 g/mol. The molecule has 4 aliphatic carbocycles. The van der Waals surface area contributed by atoms with Crippen LogP contribution in [0.25, 0.3) is 0 Å². The molecule has 0 radical (unpaired) electrons. The van der Waals surface area contributed by atoms with Gasteiger partial charge in [-0.05, 0) is 111 Å². The molecule has 2 nitrogen and oxygen atoms in total. The Hall–Kier alpha value is -0.340. The smallest absolute Gasteiger partial charge is 0.0682 e. The van der Waals surface area contributed by atoms with Crippen LogP contribution >= 0.6 is 0 Å². The van der Waals surface area contributed by atoms with Gasteiger partial charge in [0.15, 0.2) is 0 Å². The van der Waals surface area contributed by atoms with Gasteiger partial charge in [0.2, 0.25) is 0 Å². The molecule has 0 aromatic rings. The summed E-state index contributed by atoms with van der Waals surface area (Å²) >= 11 is 0. The maximum atomic E-state index is 10.9. The maximum Gasteiger partial charge on any atom is 0.0682 e. The topological polar surface area (TPSA) is 40.5 Å². The Labute approximate surface area is 198 Å². The van der Waals surface area contributed by atoms with Crippen LogP contribution in [0.3, 0.4) is 0 Å². The van der Waals surface area contributed by atoms with E-state index < -0.39 is 5.60 Å². The molecule has 0 amide bonds. The fourth-order valence-corrected chi connectivity index (χ4v) is 9.38. The molecule has 4 rings (SSSR count). The number of rotatable bonds is 7. The van der Waals surface area contributed by atoms with Crippen molar-refractivity contribution in [2.75, 3.05) is 0 Å². The number of aliphatic hydroxyl groups is 2. The van der Waals surface area contributed by atoms with Gasteiger partial charge >= 0.3 is 0 Å². The molecule has 0 bridgehead atoms. The first kappa shape index (κ1) is 24.8. The quantitative estimate of drug-likeness (QED) is 0.398. The van der Waals surface area contributed by atoms with Crippen molar-refractivity contribution < 1.29 is 10.2 Å². The first-order valence-electron chi connectivity index (χ1n) is 14.1. The molecule has 9 atom stereocenters. The molecular formula is C30H52O2. The van der Waals surface area contributed by atoms with Gasteiger partial charge in [0.1, 0.15) is 0 Å². The highest BCUT2D eigenvalue weighted by molar-refractivity contribution is 5.24. The molecule has 32 heavy (non-hydrogen) atoms. The molecular weight excluding hydrogens is 392 g/mol. The molecule has 184 valence electrons. The second-order valence-electron chi connectivity index (χ2n) is 13.5. The Kier molecular flexibility index (Phi) is 6.99. The predicted molar refractivity (Wildman–Crippen MR) is 134 cm³/mol. The number of hydrogen-bond donors (Lipinski definition) is 2. The molecule has 0 unspecified atom stereocenters. The van der Waals surface area contributed by atoms with Crippen LogP contribution in [-0.2, 0) is 0 Å². The summed E-state index contributed by atoms with van der Waals surface area (Å²) in [5.41, 5.74) is 2.12. The lowest BCUT2D eigenvalue weighted by atomic mass is 9.44. The monoisotopic (exact) mass is 444 g/mol. The fraction of sp³-hybridized carbons (Fsp3) is 0.933. The second-order valence-corrected chi connectivity index (χ2v) is 13.5. The lowest BCUT2D eigenvalue weighted by Crippen LogP contribution is -2.53. The minimum absolute atomic E-state index is 0.132. The zero-order chi connectivity index (χ0) is 23.3. The van der Waals surface area contributed by atoms with Crippen LogP contribution in [0.1, 0.15) is 119 Å². The van der Waals surface area contributed by atoms with Crippen LogP contribution in [0.2, 0.25) is 0 Å². The summed E-state index contributed by atoms with van der Waals surface area (Å²) in [4.78, 5) is 0. The van der Waals surface area contributed by atoms with Gasteiger partial charge in [-0.25, -0.2) is 0 Å². The molecule has 0 aromatic heterocycles. The van der Waals surface area contributed by atoms with Crippen LogP contribution < -0.4 is 0 Å². The zero-order valence-electron chi connectivity index (χ0n) is 22.0. The van der Waals surface area contributed by atoms with Crippen molar-refractivity contribution in [3.63, 3.8) is 0 Å². The lowest BCUT2D eigenvalue weighted by molar-refractivity contribution is -0.0960. The first-order chi connectivity index (χ1) is 15.0. The summed E-state index contributed by atoms with van der Waals surface area (Å²) in [5, 5.41) is 21.2. The minimum Gasteiger partial charge on any atom is -0.393 e. The molecule has 3 saturated carbocycles. The van der Waals surface area contributed by atoms with Gasteiger partial charge < -0.3 is 10.2 Å². The Morgan fingerprint density at radius 1 is 1.00 bits per heavy atom. The highest BCUT2D eigenvalue weighted by Gasteiger charge is 2.61. The molecule has 4 aliphatic rings. The fourth-order valence-electron chi connectivity index (χ4n) is 9.38. The van der Waals surface area contributed by atoms with E-state index >= 15 is 0 Å². The van der Waals surface area contributed by atoms with Crippen LogP contribution in [-0.4, -0.2) is 21.9 Å². The van der Waals surface area contributed by atoms with Crippen molar-refractivity contribution in [2.24, 2.45) is 46.3 Å². The molecule has 3 fully saturated rings. The maximum absolute atomic E-state index is 10.9. The third-order valence-corrected chi connectivity index (χ3v) is 11.5. The average Bonchev–Trinajstić information content (AvgIpc) is 3.11. The molecule has 0 aromatic carbocycles. The van der Waals surface area contributed by atoms with E-state index in [0.29, 0.717) is 16.7 Å². The molecule has 0 aliphatic heterocycles. The molecule has 0 saturated heterocycles. The van der Waals surface area contributed by atoms with Crippen LogP contribution in [0.15, 0.2) is 11.6 Å². The third kappa shape index (κ3) is 4.15. The van der Waals surface area contributed by atoms with Crippen LogP contribution in [0.4, 0.5) is 0 Å². The van der Waals surface area contributed by atoms with E-state index in [1.54, 1.807) is 5.57 Å². The molecule has 0 heterocycles. The van der Waals surface area contributed by atoms with E-state index in [0.717, 1.165) is 55.3 Å². The SMILES string of the molecule is CC[C@]1(O)CC[C@H]2C(=CC[C@@]3(C)[C@@H]4CC[C@H]([C@H](C)CCC[C@@H](O)C(C)C)[C@@]4(C)CC[C@H]23)C1. The number of aliphatic hydroxyl groups excluding tert-OH is 1. The summed E-state index contributed by atoms with van der Waals surface area (Å²) < 4.78 is 0. The van der Waals surface area contributed by atoms with E-state index in [9.17, 15) is 10.2 Å². The van der Waals surface area contributed by atoms with Crippen LogP contribution in [0, 0.1) is 46.3 Å². The van der Waals surface area contributed by atoms with E-state index in [1.807, 2.05) is 0 Å². The summed E-state index contributed by atoms with van der Waals surface area (Å²) in [6, 6.07) is 0. The summed E-state index contributed by atoms with van der Waals surface area (Å²) in [6.45, 7) is 14.2. The second kappa shape index (κ2) is 9.03. The number of allylic oxidation sites excluding steroid dienone is 1. The van der Waals surface area contributed by atoms with Crippen molar-refractivity contribution in [1.29, 1.82) is 0 Å². The lowest BCUT2D eigenvalue weighted by Gasteiger charge is -2.60. The summed E-state index contributed by atoms with van der Waals surface area (Å²) in [7, 11) is 0. The molecule has 0 spiro atoms. The van der Waals surface area contributed by atoms with E-state index in [2.05, 4.69) is 47.6 Å². The summed E-state index contributed by atoms with van der Waals surface area (Å²) in [5.74, 6) is 4.42. The van der Waals surface area contributed by atoms with Gasteiger partial charge in [0, 0.05) is 0 Å². The van der Waals surface area contributed by atoms with Gasteiger partial charge in [0.05, 0.1) is 11.7 Å². The Morgan fingerprint density at radius 2 is 1.75 bits per heavy atom. The summed E-state index contributed by atoms with van der Waals surface area (Å²) in [6.07, 6.45) is 16.8. The number of hydrogen-bond acceptors (Lipinski definition) is 2. The molecule has 2 heteroatoms. The Balaban J connectivity index is 1.46. The van der Waals surface area contributed by atoms with Crippen LogP contribution in [0.5, 0.6) is 0 Å². The third-order valence-electron chi connectivity index (χ3n) is 11.5. The minimum atomic E-state index is -0.434. The predicted octanol–water partition coefficient (Wildman–Crippen LogP) is 7.53. The van der Waals surface area contributed by atoms with Crippen molar-refractivity contribution in [1.82, 2.24) is 0 Å². The van der Waals surface area contributed by atoms with Crippen molar-refractivity contribution in [3.8, 4) is 0 Å². The van der Waals surface area contributed by atoms with Gasteiger partial charge in [-0.15, -0.1) is 0 Å².